The van der Waals surface area contributed by atoms with Crippen LogP contribution in [0.1, 0.15) is 16.8 Å². The number of oxazole rings is 1. The molecule has 1 N–H and O–H groups in total. The van der Waals surface area contributed by atoms with E-state index in [1.807, 2.05) is 78.9 Å². The number of hydrogen-bond donors (Lipinski definition) is 1. The lowest BCUT2D eigenvalue weighted by atomic mass is 10.2. The lowest BCUT2D eigenvalue weighted by Gasteiger charge is -2.07. The summed E-state index contributed by atoms with van der Waals surface area (Å²) in [4.78, 5) is 4.30. The third kappa shape index (κ3) is 4.80. The second-order valence-electron chi connectivity index (χ2n) is 6.59. The zero-order valence-corrected chi connectivity index (χ0v) is 16.8. The molecule has 0 aliphatic rings. The van der Waals surface area contributed by atoms with Crippen LogP contribution in [-0.4, -0.2) is 4.98 Å². The van der Waals surface area contributed by atoms with Crippen molar-refractivity contribution in [2.24, 2.45) is 0 Å². The SMILES string of the molecule is N#Cc1nc(-c2ccc(OCc3ccc(Cl)cc3)cc2)oc1NCc1ccccc1. The molecule has 4 aromatic rings. The van der Waals surface area contributed by atoms with Crippen LogP contribution in [0.5, 0.6) is 5.75 Å². The van der Waals surface area contributed by atoms with Gasteiger partial charge in [0.2, 0.25) is 17.5 Å². The Bertz CT molecular complexity index is 1150. The summed E-state index contributed by atoms with van der Waals surface area (Å²) in [5, 5.41) is 13.2. The Hall–Kier alpha value is -3.75. The molecule has 30 heavy (non-hydrogen) atoms. The summed E-state index contributed by atoms with van der Waals surface area (Å²) in [6, 6.07) is 26.9. The minimum Gasteiger partial charge on any atom is -0.489 e. The number of aromatic nitrogens is 1. The molecule has 0 spiro atoms. The fourth-order valence-electron chi connectivity index (χ4n) is 2.86. The predicted molar refractivity (Wildman–Crippen MR) is 116 cm³/mol. The molecule has 0 radical (unpaired) electrons. The molecule has 0 atom stereocenters. The number of rotatable bonds is 7. The van der Waals surface area contributed by atoms with Gasteiger partial charge in [0.25, 0.3) is 0 Å². The number of halogens is 1. The Labute approximate surface area is 179 Å². The van der Waals surface area contributed by atoms with E-state index in [2.05, 4.69) is 16.4 Å². The zero-order valence-electron chi connectivity index (χ0n) is 16.0. The largest absolute Gasteiger partial charge is 0.489 e. The summed E-state index contributed by atoms with van der Waals surface area (Å²) in [6.45, 7) is 0.989. The second-order valence-corrected chi connectivity index (χ2v) is 7.02. The number of anilines is 1. The Morgan fingerprint density at radius 1 is 0.933 bits per heavy atom. The first kappa shape index (κ1) is 19.6. The van der Waals surface area contributed by atoms with E-state index in [-0.39, 0.29) is 5.69 Å². The average molecular weight is 416 g/mol. The zero-order chi connectivity index (χ0) is 20.8. The number of hydrogen-bond acceptors (Lipinski definition) is 5. The van der Waals surface area contributed by atoms with Crippen molar-refractivity contribution in [1.29, 1.82) is 5.26 Å². The lowest BCUT2D eigenvalue weighted by Crippen LogP contribution is -1.99. The van der Waals surface area contributed by atoms with Crippen LogP contribution in [0.25, 0.3) is 11.5 Å². The standard InChI is InChI=1S/C24H18ClN3O2/c25-20-10-6-18(7-11-20)16-29-21-12-8-19(9-13-21)23-28-22(14-26)24(30-23)27-15-17-4-2-1-3-5-17/h1-13,27H,15-16H2. The Balaban J connectivity index is 1.42. The van der Waals surface area contributed by atoms with E-state index < -0.39 is 0 Å². The van der Waals surface area contributed by atoms with Crippen LogP contribution in [0.3, 0.4) is 0 Å². The van der Waals surface area contributed by atoms with Gasteiger partial charge < -0.3 is 14.5 Å². The van der Waals surface area contributed by atoms with E-state index in [0.717, 1.165) is 22.4 Å². The Morgan fingerprint density at radius 2 is 1.67 bits per heavy atom. The summed E-state index contributed by atoms with van der Waals surface area (Å²) in [6.07, 6.45) is 0. The van der Waals surface area contributed by atoms with Crippen LogP contribution < -0.4 is 10.1 Å². The highest BCUT2D eigenvalue weighted by Crippen LogP contribution is 2.27. The molecule has 0 amide bonds. The maximum Gasteiger partial charge on any atom is 0.232 e. The van der Waals surface area contributed by atoms with Gasteiger partial charge in [-0.1, -0.05) is 54.1 Å². The van der Waals surface area contributed by atoms with E-state index in [1.54, 1.807) is 0 Å². The molecular weight excluding hydrogens is 398 g/mol. The first-order valence-electron chi connectivity index (χ1n) is 9.37. The van der Waals surface area contributed by atoms with Crippen molar-refractivity contribution in [1.82, 2.24) is 4.98 Å². The van der Waals surface area contributed by atoms with Crippen LogP contribution >= 0.6 is 11.6 Å². The van der Waals surface area contributed by atoms with Crippen molar-refractivity contribution in [3.63, 3.8) is 0 Å². The average Bonchev–Trinajstić information content (AvgIpc) is 3.22. The molecule has 5 nitrogen and oxygen atoms in total. The second kappa shape index (κ2) is 9.17. The van der Waals surface area contributed by atoms with Gasteiger partial charge in [0.15, 0.2) is 0 Å². The Morgan fingerprint density at radius 3 is 2.37 bits per heavy atom. The van der Waals surface area contributed by atoms with E-state index >= 15 is 0 Å². The maximum absolute atomic E-state index is 9.37. The van der Waals surface area contributed by atoms with Gasteiger partial charge in [-0.25, -0.2) is 0 Å². The van der Waals surface area contributed by atoms with Crippen molar-refractivity contribution < 1.29 is 9.15 Å². The smallest absolute Gasteiger partial charge is 0.232 e. The van der Waals surface area contributed by atoms with Gasteiger partial charge in [-0.2, -0.15) is 10.2 Å². The maximum atomic E-state index is 9.37. The number of nitrogens with zero attached hydrogens (tertiary/aromatic N) is 2. The number of nitrogens with one attached hydrogen (secondary N) is 1. The van der Waals surface area contributed by atoms with E-state index in [1.165, 1.54) is 0 Å². The highest BCUT2D eigenvalue weighted by Gasteiger charge is 2.14. The quantitative estimate of drug-likeness (QED) is 0.397. The normalized spacial score (nSPS) is 10.4. The number of ether oxygens (including phenoxy) is 1. The van der Waals surface area contributed by atoms with Crippen molar-refractivity contribution in [3.05, 3.63) is 101 Å². The fourth-order valence-corrected chi connectivity index (χ4v) is 2.98. The van der Waals surface area contributed by atoms with Crippen molar-refractivity contribution >= 4 is 17.5 Å². The predicted octanol–water partition coefficient (Wildman–Crippen LogP) is 6.06. The Kier molecular flexibility index (Phi) is 5.98. The van der Waals surface area contributed by atoms with E-state index in [4.69, 9.17) is 20.8 Å². The van der Waals surface area contributed by atoms with Gasteiger partial charge in [-0.15, -0.1) is 0 Å². The monoisotopic (exact) mass is 415 g/mol. The number of nitriles is 1. The topological polar surface area (TPSA) is 71.1 Å². The molecule has 0 saturated carbocycles. The molecule has 0 fully saturated rings. The van der Waals surface area contributed by atoms with Crippen molar-refractivity contribution in [2.45, 2.75) is 13.2 Å². The molecule has 148 valence electrons. The summed E-state index contributed by atoms with van der Waals surface area (Å²) < 4.78 is 11.6. The van der Waals surface area contributed by atoms with Gasteiger partial charge in [0.05, 0.1) is 0 Å². The molecule has 0 aliphatic heterocycles. The molecule has 0 bridgehead atoms. The fraction of sp³-hybridized carbons (Fsp3) is 0.0833. The highest BCUT2D eigenvalue weighted by atomic mass is 35.5. The molecule has 0 unspecified atom stereocenters. The molecule has 1 heterocycles. The molecular formula is C24H18ClN3O2. The molecule has 0 saturated heterocycles. The van der Waals surface area contributed by atoms with Crippen LogP contribution in [0.15, 0.2) is 83.3 Å². The van der Waals surface area contributed by atoms with Crippen LogP contribution in [0.4, 0.5) is 5.88 Å². The number of benzene rings is 3. The molecule has 3 aromatic carbocycles. The first-order chi connectivity index (χ1) is 14.7. The van der Waals surface area contributed by atoms with Crippen LogP contribution in [0, 0.1) is 11.3 Å². The minimum absolute atomic E-state index is 0.226. The first-order valence-corrected chi connectivity index (χ1v) is 9.75. The summed E-state index contributed by atoms with van der Waals surface area (Å²) in [5.41, 5.74) is 3.10. The van der Waals surface area contributed by atoms with Gasteiger partial charge in [0.1, 0.15) is 18.4 Å². The van der Waals surface area contributed by atoms with E-state index in [0.29, 0.717) is 29.9 Å². The van der Waals surface area contributed by atoms with Crippen molar-refractivity contribution in [2.75, 3.05) is 5.32 Å². The van der Waals surface area contributed by atoms with Crippen molar-refractivity contribution in [3.8, 4) is 23.3 Å². The third-order valence-electron chi connectivity index (χ3n) is 4.45. The molecule has 1 aromatic heterocycles. The van der Waals surface area contributed by atoms with Gasteiger partial charge in [-0.3, -0.25) is 0 Å². The van der Waals surface area contributed by atoms with E-state index in [9.17, 15) is 5.26 Å². The lowest BCUT2D eigenvalue weighted by molar-refractivity contribution is 0.306. The summed E-state index contributed by atoms with van der Waals surface area (Å²) >= 11 is 5.90. The molecule has 4 rings (SSSR count). The van der Waals surface area contributed by atoms with Crippen LogP contribution in [0.2, 0.25) is 5.02 Å². The third-order valence-corrected chi connectivity index (χ3v) is 4.70. The summed E-state index contributed by atoms with van der Waals surface area (Å²) in [7, 11) is 0. The van der Waals surface area contributed by atoms with Crippen LogP contribution in [-0.2, 0) is 13.2 Å². The summed E-state index contributed by atoms with van der Waals surface area (Å²) in [5.74, 6) is 1.47. The van der Waals surface area contributed by atoms with Gasteiger partial charge in [0, 0.05) is 17.1 Å². The highest BCUT2D eigenvalue weighted by molar-refractivity contribution is 6.30. The molecule has 6 heteroatoms. The minimum atomic E-state index is 0.226. The van der Waals surface area contributed by atoms with Gasteiger partial charge >= 0.3 is 0 Å². The molecule has 0 aliphatic carbocycles. The van der Waals surface area contributed by atoms with Gasteiger partial charge in [-0.05, 0) is 47.5 Å².